The molecule has 0 atom stereocenters. The Kier molecular flexibility index (Phi) is 4.32. The number of nitrogens with one attached hydrogen (secondary N) is 1. The van der Waals surface area contributed by atoms with Gasteiger partial charge in [0.1, 0.15) is 9.96 Å². The van der Waals surface area contributed by atoms with E-state index in [-0.39, 0.29) is 10.8 Å². The first kappa shape index (κ1) is 14.8. The molecule has 0 amide bonds. The highest BCUT2D eigenvalue weighted by Crippen LogP contribution is 2.29. The van der Waals surface area contributed by atoms with Gasteiger partial charge in [-0.25, -0.2) is 8.42 Å². The highest BCUT2D eigenvalue weighted by molar-refractivity contribution is 7.94. The summed E-state index contributed by atoms with van der Waals surface area (Å²) in [6, 6.07) is 6.71. The molecule has 0 aliphatic heterocycles. The predicted octanol–water partition coefficient (Wildman–Crippen LogP) is 2.36. The monoisotopic (exact) mass is 313 g/mol. The largest absolute Gasteiger partial charge is 0.495 e. The molecule has 2 N–H and O–H groups in total. The van der Waals surface area contributed by atoms with Gasteiger partial charge in [0, 0.05) is 0 Å². The Balaban J connectivity index is 2.35. The average Bonchev–Trinajstić information content (AvgIpc) is 2.88. The number of sulfonamides is 1. The first-order valence-corrected chi connectivity index (χ1v) is 8.18. The van der Waals surface area contributed by atoms with Crippen molar-refractivity contribution in [2.75, 3.05) is 11.8 Å². The molecule has 1 aromatic heterocycles. The lowest BCUT2D eigenvalue weighted by Crippen LogP contribution is -2.12. The van der Waals surface area contributed by atoms with Gasteiger partial charge in [0.2, 0.25) is 0 Å². The summed E-state index contributed by atoms with van der Waals surface area (Å²) in [5.74, 6) is 0.457. The van der Waals surface area contributed by atoms with Gasteiger partial charge in [-0.05, 0) is 41.6 Å². The number of anilines is 1. The number of methoxy groups -OCH3 is 1. The van der Waals surface area contributed by atoms with Crippen molar-refractivity contribution in [3.63, 3.8) is 0 Å². The van der Waals surface area contributed by atoms with Crippen molar-refractivity contribution in [2.45, 2.75) is 17.7 Å². The number of thiophene rings is 1. The lowest BCUT2D eigenvalue weighted by molar-refractivity contribution is 0.282. The van der Waals surface area contributed by atoms with Gasteiger partial charge in [-0.2, -0.15) is 0 Å². The van der Waals surface area contributed by atoms with Crippen molar-refractivity contribution in [1.82, 2.24) is 0 Å². The number of aliphatic hydroxyl groups excluding tert-OH is 1. The van der Waals surface area contributed by atoms with E-state index in [1.165, 1.54) is 13.2 Å². The van der Waals surface area contributed by atoms with E-state index in [2.05, 4.69) is 4.72 Å². The van der Waals surface area contributed by atoms with Crippen molar-refractivity contribution in [3.8, 4) is 5.75 Å². The predicted molar refractivity (Wildman–Crippen MR) is 78.8 cm³/mol. The van der Waals surface area contributed by atoms with Crippen molar-refractivity contribution in [2.24, 2.45) is 0 Å². The molecule has 0 aliphatic rings. The molecule has 0 radical (unpaired) electrons. The Hall–Kier alpha value is -1.57. The van der Waals surface area contributed by atoms with Gasteiger partial charge in [0.05, 0.1) is 19.4 Å². The van der Waals surface area contributed by atoms with Crippen LogP contribution >= 0.6 is 11.3 Å². The van der Waals surface area contributed by atoms with Gasteiger partial charge in [-0.15, -0.1) is 11.3 Å². The van der Waals surface area contributed by atoms with Crippen LogP contribution in [-0.2, 0) is 16.6 Å². The van der Waals surface area contributed by atoms with Crippen LogP contribution in [0.1, 0.15) is 11.1 Å². The molecule has 108 valence electrons. The molecule has 0 unspecified atom stereocenters. The zero-order valence-electron chi connectivity index (χ0n) is 11.1. The van der Waals surface area contributed by atoms with Gasteiger partial charge < -0.3 is 9.84 Å². The third-order valence-electron chi connectivity index (χ3n) is 2.68. The zero-order valence-corrected chi connectivity index (χ0v) is 12.7. The van der Waals surface area contributed by atoms with E-state index in [4.69, 9.17) is 9.84 Å². The van der Waals surface area contributed by atoms with Gasteiger partial charge >= 0.3 is 0 Å². The molecule has 0 bridgehead atoms. The SMILES string of the molecule is COc1ccc(C)cc1NS(=O)(=O)c1cc(CO)cs1. The number of benzene rings is 1. The van der Waals surface area contributed by atoms with Crippen LogP contribution in [0.15, 0.2) is 33.9 Å². The van der Waals surface area contributed by atoms with Crippen LogP contribution in [-0.4, -0.2) is 20.6 Å². The lowest BCUT2D eigenvalue weighted by atomic mass is 10.2. The Morgan fingerprint density at radius 2 is 2.10 bits per heavy atom. The number of hydrogen-bond acceptors (Lipinski definition) is 5. The minimum Gasteiger partial charge on any atom is -0.495 e. The van der Waals surface area contributed by atoms with E-state index in [9.17, 15) is 8.42 Å². The van der Waals surface area contributed by atoms with E-state index in [1.54, 1.807) is 17.5 Å². The normalized spacial score (nSPS) is 11.3. The second-order valence-electron chi connectivity index (χ2n) is 4.24. The average molecular weight is 313 g/mol. The minimum atomic E-state index is -3.67. The summed E-state index contributed by atoms with van der Waals surface area (Å²) in [4.78, 5) is 0. The van der Waals surface area contributed by atoms with E-state index in [0.717, 1.165) is 16.9 Å². The van der Waals surface area contributed by atoms with Crippen molar-refractivity contribution >= 4 is 27.0 Å². The molecule has 2 rings (SSSR count). The Labute approximate surface area is 121 Å². The summed E-state index contributed by atoms with van der Waals surface area (Å²) in [6.45, 7) is 1.69. The number of ether oxygens (including phenoxy) is 1. The van der Waals surface area contributed by atoms with E-state index < -0.39 is 10.0 Å². The molecule has 5 nitrogen and oxygen atoms in total. The van der Waals surface area contributed by atoms with Crippen LogP contribution in [0.4, 0.5) is 5.69 Å². The molecular weight excluding hydrogens is 298 g/mol. The van der Waals surface area contributed by atoms with Gasteiger partial charge in [-0.1, -0.05) is 6.07 Å². The van der Waals surface area contributed by atoms with Crippen molar-refractivity contribution < 1.29 is 18.3 Å². The summed E-state index contributed by atoms with van der Waals surface area (Å²) in [6.07, 6.45) is 0. The number of rotatable bonds is 5. The molecule has 0 saturated heterocycles. The zero-order chi connectivity index (χ0) is 14.8. The Bertz CT molecular complexity index is 707. The smallest absolute Gasteiger partial charge is 0.271 e. The molecule has 7 heteroatoms. The first-order valence-electron chi connectivity index (χ1n) is 5.82. The molecule has 20 heavy (non-hydrogen) atoms. The summed E-state index contributed by atoms with van der Waals surface area (Å²) in [5, 5.41) is 10.6. The van der Waals surface area contributed by atoms with Gasteiger partial charge in [0.25, 0.3) is 10.0 Å². The highest BCUT2D eigenvalue weighted by atomic mass is 32.2. The third-order valence-corrected chi connectivity index (χ3v) is 5.53. The number of aliphatic hydroxyl groups is 1. The van der Waals surface area contributed by atoms with Crippen molar-refractivity contribution in [1.29, 1.82) is 0 Å². The Morgan fingerprint density at radius 1 is 1.35 bits per heavy atom. The summed E-state index contributed by atoms with van der Waals surface area (Å²) < 4.78 is 32.4. The minimum absolute atomic E-state index is 0.158. The fourth-order valence-electron chi connectivity index (χ4n) is 1.67. The fourth-order valence-corrected chi connectivity index (χ4v) is 3.94. The Morgan fingerprint density at radius 3 is 2.70 bits per heavy atom. The third kappa shape index (κ3) is 3.12. The molecule has 2 aromatic rings. The van der Waals surface area contributed by atoms with E-state index >= 15 is 0 Å². The summed E-state index contributed by atoms with van der Waals surface area (Å²) in [5.41, 5.74) is 1.89. The lowest BCUT2D eigenvalue weighted by Gasteiger charge is -2.11. The topological polar surface area (TPSA) is 75.6 Å². The number of aryl methyl sites for hydroxylation is 1. The summed E-state index contributed by atoms with van der Waals surface area (Å²) in [7, 11) is -2.19. The molecule has 0 saturated carbocycles. The molecule has 1 aromatic carbocycles. The number of hydrogen-bond donors (Lipinski definition) is 2. The maximum absolute atomic E-state index is 12.3. The molecule has 0 aliphatic carbocycles. The molecule has 1 heterocycles. The van der Waals surface area contributed by atoms with Crippen LogP contribution in [0.2, 0.25) is 0 Å². The maximum atomic E-state index is 12.3. The van der Waals surface area contributed by atoms with E-state index in [0.29, 0.717) is 17.0 Å². The van der Waals surface area contributed by atoms with E-state index in [1.807, 2.05) is 13.0 Å². The van der Waals surface area contributed by atoms with Crippen LogP contribution in [0.3, 0.4) is 0 Å². The van der Waals surface area contributed by atoms with Crippen LogP contribution < -0.4 is 9.46 Å². The second kappa shape index (κ2) is 5.82. The molecule has 0 spiro atoms. The fraction of sp³-hybridized carbons (Fsp3) is 0.231. The second-order valence-corrected chi connectivity index (χ2v) is 7.06. The van der Waals surface area contributed by atoms with Crippen molar-refractivity contribution in [3.05, 3.63) is 40.8 Å². The molecule has 0 fully saturated rings. The van der Waals surface area contributed by atoms with Gasteiger partial charge in [-0.3, -0.25) is 4.72 Å². The quantitative estimate of drug-likeness (QED) is 0.888. The first-order chi connectivity index (χ1) is 9.46. The summed E-state index contributed by atoms with van der Waals surface area (Å²) >= 11 is 1.07. The standard InChI is InChI=1S/C13H15NO4S2/c1-9-3-4-12(18-2)11(5-9)14-20(16,17)13-6-10(7-15)8-19-13/h3-6,8,14-15H,7H2,1-2H3. The van der Waals surface area contributed by atoms with Crippen LogP contribution in [0.5, 0.6) is 5.75 Å². The molecular formula is C13H15NO4S2. The van der Waals surface area contributed by atoms with Crippen LogP contribution in [0, 0.1) is 6.92 Å². The maximum Gasteiger partial charge on any atom is 0.271 e. The van der Waals surface area contributed by atoms with Crippen LogP contribution in [0.25, 0.3) is 0 Å². The highest BCUT2D eigenvalue weighted by Gasteiger charge is 2.18. The van der Waals surface area contributed by atoms with Gasteiger partial charge in [0.15, 0.2) is 0 Å².